The molecule has 1 saturated heterocycles. The summed E-state index contributed by atoms with van der Waals surface area (Å²) in [5.41, 5.74) is 3.96. The van der Waals surface area contributed by atoms with E-state index < -0.39 is 11.8 Å². The van der Waals surface area contributed by atoms with E-state index in [-0.39, 0.29) is 19.0 Å². The molecule has 254 valence electrons. The lowest BCUT2D eigenvalue weighted by molar-refractivity contribution is -0.150. The largest absolute Gasteiger partial charge is 0.496 e. The highest BCUT2D eigenvalue weighted by atomic mass is 16.7. The first-order valence-electron chi connectivity index (χ1n) is 16.1. The molecule has 0 atom stereocenters. The molecule has 0 radical (unpaired) electrons. The van der Waals surface area contributed by atoms with Crippen molar-refractivity contribution in [2.45, 2.75) is 65.3 Å². The van der Waals surface area contributed by atoms with Crippen molar-refractivity contribution in [1.29, 1.82) is 0 Å². The van der Waals surface area contributed by atoms with Gasteiger partial charge >= 0.3 is 11.9 Å². The summed E-state index contributed by atoms with van der Waals surface area (Å²) < 4.78 is 46.2. The van der Waals surface area contributed by atoms with Crippen LogP contribution in [0.4, 0.5) is 0 Å². The van der Waals surface area contributed by atoms with Gasteiger partial charge in [-0.3, -0.25) is 4.79 Å². The molecule has 0 spiro atoms. The Bertz CT molecular complexity index is 1460. The Morgan fingerprint density at radius 1 is 0.809 bits per heavy atom. The number of methoxy groups -OCH3 is 2. The minimum absolute atomic E-state index is 0.189. The van der Waals surface area contributed by atoms with Gasteiger partial charge < -0.3 is 37.9 Å². The molecule has 1 aliphatic heterocycles. The Kier molecular flexibility index (Phi) is 13.3. The summed E-state index contributed by atoms with van der Waals surface area (Å²) >= 11 is 0. The summed E-state index contributed by atoms with van der Waals surface area (Å²) in [5, 5.41) is 0. The van der Waals surface area contributed by atoms with E-state index in [1.807, 2.05) is 49.4 Å². The second-order valence-electron chi connectivity index (χ2n) is 11.1. The van der Waals surface area contributed by atoms with Gasteiger partial charge in [0.05, 0.1) is 58.4 Å². The normalized spacial score (nSPS) is 13.6. The van der Waals surface area contributed by atoms with Crippen LogP contribution in [-0.2, 0) is 49.0 Å². The van der Waals surface area contributed by atoms with Crippen LogP contribution in [0.2, 0.25) is 0 Å². The molecule has 10 nitrogen and oxygen atoms in total. The average Bonchev–Trinajstić information content (AvgIpc) is 3.54. The molecule has 0 amide bonds. The fraction of sp³-hybridized carbons (Fsp3) is 0.459. The smallest absolute Gasteiger partial charge is 0.337 e. The molecule has 1 fully saturated rings. The van der Waals surface area contributed by atoms with E-state index in [0.29, 0.717) is 62.9 Å². The van der Waals surface area contributed by atoms with Crippen molar-refractivity contribution in [3.8, 4) is 23.0 Å². The van der Waals surface area contributed by atoms with Gasteiger partial charge in [0.1, 0.15) is 29.6 Å². The van der Waals surface area contributed by atoms with Gasteiger partial charge in [-0.25, -0.2) is 4.79 Å². The van der Waals surface area contributed by atoms with Crippen molar-refractivity contribution < 1.29 is 47.5 Å². The standard InChI is InChI=1S/C37H46O10/c1-6-10-29-33(19-18-30(35(29)40-4)37(3)46-23-24-47-37)44-22-9-21-43-31-11-8-12-32(28(31)17-20-34(38)42-7-2)45-25-26-13-15-27(16-14-26)36(39)41-5/h8,11-16,18-19H,6-7,9-10,17,20-25H2,1-5H3. The molecule has 10 heteroatoms. The van der Waals surface area contributed by atoms with Crippen molar-refractivity contribution in [3.63, 3.8) is 0 Å². The van der Waals surface area contributed by atoms with Crippen LogP contribution in [-0.4, -0.2) is 59.2 Å². The van der Waals surface area contributed by atoms with Crippen molar-refractivity contribution in [2.75, 3.05) is 47.3 Å². The summed E-state index contributed by atoms with van der Waals surface area (Å²) in [6.45, 7) is 8.29. The first-order chi connectivity index (χ1) is 22.8. The zero-order valence-corrected chi connectivity index (χ0v) is 28.1. The highest BCUT2D eigenvalue weighted by Crippen LogP contribution is 2.42. The molecule has 0 saturated carbocycles. The Balaban J connectivity index is 1.41. The zero-order valence-electron chi connectivity index (χ0n) is 28.1. The molecule has 0 aromatic heterocycles. The molecular formula is C37H46O10. The van der Waals surface area contributed by atoms with Crippen molar-refractivity contribution in [1.82, 2.24) is 0 Å². The number of carbonyl (C=O) groups excluding carboxylic acids is 2. The third kappa shape index (κ3) is 9.39. The van der Waals surface area contributed by atoms with Gasteiger partial charge in [-0.1, -0.05) is 31.5 Å². The first-order valence-corrected chi connectivity index (χ1v) is 16.1. The molecule has 4 rings (SSSR count). The SMILES string of the molecule is CCCc1c(OCCCOc2cccc(OCc3ccc(C(=O)OC)cc3)c2CCC(=O)OCC)ccc(C2(C)OCCO2)c1OC. The number of esters is 2. The molecule has 0 bridgehead atoms. The van der Waals surface area contributed by atoms with Crippen LogP contribution in [0.5, 0.6) is 23.0 Å². The molecule has 3 aromatic rings. The van der Waals surface area contributed by atoms with Gasteiger partial charge in [0.15, 0.2) is 5.79 Å². The van der Waals surface area contributed by atoms with E-state index in [1.165, 1.54) is 7.11 Å². The highest BCUT2D eigenvalue weighted by molar-refractivity contribution is 5.89. The monoisotopic (exact) mass is 650 g/mol. The van der Waals surface area contributed by atoms with E-state index in [4.69, 9.17) is 37.9 Å². The number of ether oxygens (including phenoxy) is 8. The summed E-state index contributed by atoms with van der Waals surface area (Å²) in [5.74, 6) is 1.21. The summed E-state index contributed by atoms with van der Waals surface area (Å²) in [7, 11) is 3.01. The molecule has 0 aliphatic carbocycles. The second-order valence-corrected chi connectivity index (χ2v) is 11.1. The van der Waals surface area contributed by atoms with Gasteiger partial charge in [0.2, 0.25) is 0 Å². The Morgan fingerprint density at radius 3 is 2.09 bits per heavy atom. The molecule has 3 aromatic carbocycles. The van der Waals surface area contributed by atoms with Crippen LogP contribution in [0, 0.1) is 0 Å². The second kappa shape index (κ2) is 17.6. The van der Waals surface area contributed by atoms with Crippen molar-refractivity contribution in [2.24, 2.45) is 0 Å². The predicted octanol–water partition coefficient (Wildman–Crippen LogP) is 6.58. The lowest BCUT2D eigenvalue weighted by Crippen LogP contribution is -2.24. The van der Waals surface area contributed by atoms with Crippen molar-refractivity contribution in [3.05, 3.63) is 82.4 Å². The molecule has 47 heavy (non-hydrogen) atoms. The minimum atomic E-state index is -0.849. The number of carbonyl (C=O) groups is 2. The zero-order chi connectivity index (χ0) is 33.6. The van der Waals surface area contributed by atoms with E-state index in [1.54, 1.807) is 26.2 Å². The third-order valence-corrected chi connectivity index (χ3v) is 7.80. The summed E-state index contributed by atoms with van der Waals surface area (Å²) in [6.07, 6.45) is 2.90. The topological polar surface area (TPSA) is 108 Å². The van der Waals surface area contributed by atoms with Gasteiger partial charge in [-0.15, -0.1) is 0 Å². The molecule has 0 unspecified atom stereocenters. The Hall–Kier alpha value is -4.28. The number of rotatable bonds is 18. The fourth-order valence-corrected chi connectivity index (χ4v) is 5.45. The lowest BCUT2D eigenvalue weighted by atomic mass is 9.98. The van der Waals surface area contributed by atoms with Crippen LogP contribution in [0.25, 0.3) is 0 Å². The van der Waals surface area contributed by atoms with Gasteiger partial charge in [-0.2, -0.15) is 0 Å². The molecular weight excluding hydrogens is 604 g/mol. The maximum atomic E-state index is 12.2. The van der Waals surface area contributed by atoms with Gasteiger partial charge in [-0.05, 0) is 68.7 Å². The van der Waals surface area contributed by atoms with Gasteiger partial charge in [0, 0.05) is 24.0 Å². The van der Waals surface area contributed by atoms with Crippen LogP contribution in [0.1, 0.15) is 72.6 Å². The molecule has 1 heterocycles. The molecule has 0 N–H and O–H groups in total. The number of benzene rings is 3. The van der Waals surface area contributed by atoms with Crippen LogP contribution < -0.4 is 18.9 Å². The highest BCUT2D eigenvalue weighted by Gasteiger charge is 2.37. The average molecular weight is 651 g/mol. The first kappa shape index (κ1) is 35.6. The molecule has 1 aliphatic rings. The summed E-state index contributed by atoms with van der Waals surface area (Å²) in [4.78, 5) is 24.0. The van der Waals surface area contributed by atoms with Crippen LogP contribution >= 0.6 is 0 Å². The quantitative estimate of drug-likeness (QED) is 0.111. The Labute approximate surface area is 277 Å². The minimum Gasteiger partial charge on any atom is -0.496 e. The van der Waals surface area contributed by atoms with Gasteiger partial charge in [0.25, 0.3) is 0 Å². The Morgan fingerprint density at radius 2 is 1.47 bits per heavy atom. The summed E-state index contributed by atoms with van der Waals surface area (Å²) in [6, 6.07) is 16.5. The third-order valence-electron chi connectivity index (χ3n) is 7.80. The number of hydrogen-bond donors (Lipinski definition) is 0. The van der Waals surface area contributed by atoms with E-state index in [0.717, 1.165) is 46.6 Å². The predicted molar refractivity (Wildman–Crippen MR) is 175 cm³/mol. The van der Waals surface area contributed by atoms with E-state index >= 15 is 0 Å². The van der Waals surface area contributed by atoms with E-state index in [2.05, 4.69) is 6.92 Å². The van der Waals surface area contributed by atoms with Crippen LogP contribution in [0.3, 0.4) is 0 Å². The van der Waals surface area contributed by atoms with Crippen molar-refractivity contribution >= 4 is 11.9 Å². The maximum Gasteiger partial charge on any atom is 0.337 e. The fourth-order valence-electron chi connectivity index (χ4n) is 5.45. The number of hydrogen-bond acceptors (Lipinski definition) is 10. The lowest BCUT2D eigenvalue weighted by Gasteiger charge is -2.27. The van der Waals surface area contributed by atoms with E-state index in [9.17, 15) is 9.59 Å². The van der Waals surface area contributed by atoms with Crippen LogP contribution in [0.15, 0.2) is 54.6 Å². The maximum absolute atomic E-state index is 12.2.